The van der Waals surface area contributed by atoms with Gasteiger partial charge < -0.3 is 10.1 Å². The first-order valence-electron chi connectivity index (χ1n) is 5.96. The highest BCUT2D eigenvalue weighted by atomic mass is 16.6. The monoisotopic (exact) mass is 232 g/mol. The van der Waals surface area contributed by atoms with Gasteiger partial charge in [0.25, 0.3) is 0 Å². The molecule has 2 heterocycles. The standard InChI is InChI=1S/C13H16N2O2/c1-10-4-2-3-5-11(10)15-12(16)17-9-13(15)6-7-14-8-13/h2-5,14H,6-9H2,1H3. The minimum Gasteiger partial charge on any atom is -0.447 e. The molecule has 0 aromatic heterocycles. The Kier molecular flexibility index (Phi) is 2.33. The second-order valence-electron chi connectivity index (χ2n) is 4.83. The van der Waals surface area contributed by atoms with Gasteiger partial charge in [0.15, 0.2) is 0 Å². The van der Waals surface area contributed by atoms with Crippen LogP contribution in [0.4, 0.5) is 10.5 Å². The minimum atomic E-state index is -0.219. The van der Waals surface area contributed by atoms with Crippen molar-refractivity contribution in [3.05, 3.63) is 29.8 Å². The Balaban J connectivity index is 2.05. The predicted molar refractivity (Wildman–Crippen MR) is 65.2 cm³/mol. The summed E-state index contributed by atoms with van der Waals surface area (Å²) in [5.41, 5.74) is 1.90. The molecule has 90 valence electrons. The summed E-state index contributed by atoms with van der Waals surface area (Å²) in [5, 5.41) is 3.32. The first-order chi connectivity index (χ1) is 8.23. The first-order valence-corrected chi connectivity index (χ1v) is 5.96. The van der Waals surface area contributed by atoms with E-state index >= 15 is 0 Å². The van der Waals surface area contributed by atoms with Gasteiger partial charge in [-0.25, -0.2) is 4.79 Å². The number of rotatable bonds is 1. The number of amides is 1. The van der Waals surface area contributed by atoms with Crippen molar-refractivity contribution >= 4 is 11.8 Å². The van der Waals surface area contributed by atoms with Crippen LogP contribution in [0.25, 0.3) is 0 Å². The molecule has 3 rings (SSSR count). The summed E-state index contributed by atoms with van der Waals surface area (Å²) in [6, 6.07) is 7.96. The average molecular weight is 232 g/mol. The third-order valence-corrected chi connectivity index (χ3v) is 3.70. The highest BCUT2D eigenvalue weighted by Gasteiger charge is 2.50. The van der Waals surface area contributed by atoms with E-state index in [0.29, 0.717) is 6.61 Å². The van der Waals surface area contributed by atoms with Crippen LogP contribution in [0.15, 0.2) is 24.3 Å². The zero-order chi connectivity index (χ0) is 11.9. The average Bonchev–Trinajstić information content (AvgIpc) is 2.90. The second kappa shape index (κ2) is 3.74. The molecule has 4 heteroatoms. The lowest BCUT2D eigenvalue weighted by Crippen LogP contribution is -2.49. The lowest BCUT2D eigenvalue weighted by Gasteiger charge is -2.31. The van der Waals surface area contributed by atoms with Gasteiger partial charge in [-0.15, -0.1) is 0 Å². The summed E-state index contributed by atoms with van der Waals surface area (Å²) in [4.78, 5) is 13.8. The van der Waals surface area contributed by atoms with E-state index in [2.05, 4.69) is 5.32 Å². The van der Waals surface area contributed by atoms with Gasteiger partial charge in [0.05, 0.1) is 11.2 Å². The molecule has 17 heavy (non-hydrogen) atoms. The fourth-order valence-electron chi connectivity index (χ4n) is 2.73. The number of aryl methyl sites for hydroxylation is 1. The van der Waals surface area contributed by atoms with Crippen molar-refractivity contribution in [3.63, 3.8) is 0 Å². The van der Waals surface area contributed by atoms with Crippen molar-refractivity contribution in [2.45, 2.75) is 18.9 Å². The van der Waals surface area contributed by atoms with Gasteiger partial charge in [0.1, 0.15) is 6.61 Å². The van der Waals surface area contributed by atoms with Gasteiger partial charge in [-0.2, -0.15) is 0 Å². The molecule has 0 bridgehead atoms. The van der Waals surface area contributed by atoms with Crippen molar-refractivity contribution in [1.29, 1.82) is 0 Å². The number of carbonyl (C=O) groups is 1. The fourth-order valence-corrected chi connectivity index (χ4v) is 2.73. The van der Waals surface area contributed by atoms with E-state index in [0.717, 1.165) is 30.8 Å². The van der Waals surface area contributed by atoms with E-state index in [1.54, 1.807) is 0 Å². The molecule has 2 aliphatic rings. The smallest absolute Gasteiger partial charge is 0.415 e. The lowest BCUT2D eigenvalue weighted by atomic mass is 9.97. The Morgan fingerprint density at radius 2 is 2.24 bits per heavy atom. The highest BCUT2D eigenvalue weighted by molar-refractivity contribution is 5.92. The van der Waals surface area contributed by atoms with E-state index in [-0.39, 0.29) is 11.6 Å². The number of hydrogen-bond acceptors (Lipinski definition) is 3. The van der Waals surface area contributed by atoms with E-state index < -0.39 is 0 Å². The molecule has 1 atom stereocenters. The van der Waals surface area contributed by atoms with Crippen molar-refractivity contribution in [1.82, 2.24) is 5.32 Å². The van der Waals surface area contributed by atoms with Gasteiger partial charge in [0, 0.05) is 6.54 Å². The molecule has 0 aliphatic carbocycles. The van der Waals surface area contributed by atoms with Gasteiger partial charge >= 0.3 is 6.09 Å². The Labute approximate surface area is 101 Å². The zero-order valence-corrected chi connectivity index (χ0v) is 9.90. The number of benzene rings is 1. The summed E-state index contributed by atoms with van der Waals surface area (Å²) in [6.45, 7) is 4.27. The summed E-state index contributed by atoms with van der Waals surface area (Å²) in [5.74, 6) is 0. The number of para-hydroxylation sites is 1. The Morgan fingerprint density at radius 1 is 1.41 bits per heavy atom. The summed E-state index contributed by atoms with van der Waals surface area (Å²) in [6.07, 6.45) is 0.732. The van der Waals surface area contributed by atoms with Crippen LogP contribution in [0.5, 0.6) is 0 Å². The summed E-state index contributed by atoms with van der Waals surface area (Å²) >= 11 is 0. The van der Waals surface area contributed by atoms with Gasteiger partial charge in [0.2, 0.25) is 0 Å². The number of cyclic esters (lactones) is 1. The Hall–Kier alpha value is -1.55. The van der Waals surface area contributed by atoms with E-state index in [9.17, 15) is 4.79 Å². The highest BCUT2D eigenvalue weighted by Crippen LogP contribution is 2.36. The Bertz CT molecular complexity index is 452. The number of nitrogens with zero attached hydrogens (tertiary/aromatic N) is 1. The van der Waals surface area contributed by atoms with Crippen molar-refractivity contribution in [3.8, 4) is 0 Å². The molecule has 1 aromatic carbocycles. The van der Waals surface area contributed by atoms with Crippen LogP contribution < -0.4 is 10.2 Å². The van der Waals surface area contributed by atoms with Crippen molar-refractivity contribution in [2.75, 3.05) is 24.6 Å². The molecule has 2 saturated heterocycles. The third-order valence-electron chi connectivity index (χ3n) is 3.70. The maximum atomic E-state index is 12.0. The Morgan fingerprint density at radius 3 is 2.94 bits per heavy atom. The topological polar surface area (TPSA) is 41.6 Å². The normalized spacial score (nSPS) is 27.8. The quantitative estimate of drug-likeness (QED) is 0.801. The molecule has 1 amide bonds. The number of carbonyl (C=O) groups excluding carboxylic acids is 1. The van der Waals surface area contributed by atoms with Crippen molar-refractivity contribution in [2.24, 2.45) is 0 Å². The molecule has 1 unspecified atom stereocenters. The molecular weight excluding hydrogens is 216 g/mol. The van der Waals surface area contributed by atoms with E-state index in [4.69, 9.17) is 4.74 Å². The molecule has 2 aliphatic heterocycles. The summed E-state index contributed by atoms with van der Waals surface area (Å²) < 4.78 is 5.26. The molecular formula is C13H16N2O2. The van der Waals surface area contributed by atoms with Crippen LogP contribution in [0.3, 0.4) is 0 Å². The third kappa shape index (κ3) is 1.52. The largest absolute Gasteiger partial charge is 0.447 e. The predicted octanol–water partition coefficient (Wildman–Crippen LogP) is 1.68. The minimum absolute atomic E-state index is 0.177. The molecule has 1 N–H and O–H groups in total. The van der Waals surface area contributed by atoms with Crippen LogP contribution in [0.1, 0.15) is 12.0 Å². The zero-order valence-electron chi connectivity index (χ0n) is 9.90. The van der Waals surface area contributed by atoms with Crippen LogP contribution in [-0.4, -0.2) is 31.3 Å². The molecule has 0 saturated carbocycles. The fraction of sp³-hybridized carbons (Fsp3) is 0.462. The first kappa shape index (κ1) is 10.6. The lowest BCUT2D eigenvalue weighted by molar-refractivity contribution is 0.174. The number of anilines is 1. The number of hydrogen-bond donors (Lipinski definition) is 1. The maximum absolute atomic E-state index is 12.0. The molecule has 1 spiro atoms. The molecule has 1 aromatic rings. The van der Waals surface area contributed by atoms with Crippen LogP contribution >= 0.6 is 0 Å². The molecule has 2 fully saturated rings. The van der Waals surface area contributed by atoms with Gasteiger partial charge in [-0.05, 0) is 31.5 Å². The van der Waals surface area contributed by atoms with Gasteiger partial charge in [-0.1, -0.05) is 18.2 Å². The van der Waals surface area contributed by atoms with E-state index in [1.165, 1.54) is 0 Å². The number of nitrogens with one attached hydrogen (secondary N) is 1. The van der Waals surface area contributed by atoms with Crippen molar-refractivity contribution < 1.29 is 9.53 Å². The van der Waals surface area contributed by atoms with Crippen LogP contribution in [0.2, 0.25) is 0 Å². The molecule has 0 radical (unpaired) electrons. The van der Waals surface area contributed by atoms with Crippen LogP contribution in [-0.2, 0) is 4.74 Å². The molecule has 4 nitrogen and oxygen atoms in total. The maximum Gasteiger partial charge on any atom is 0.415 e. The van der Waals surface area contributed by atoms with E-state index in [1.807, 2.05) is 36.1 Å². The second-order valence-corrected chi connectivity index (χ2v) is 4.83. The van der Waals surface area contributed by atoms with Crippen LogP contribution in [0, 0.1) is 6.92 Å². The summed E-state index contributed by atoms with van der Waals surface area (Å²) in [7, 11) is 0. The number of ether oxygens (including phenoxy) is 1. The SMILES string of the molecule is Cc1ccccc1N1C(=O)OCC12CCNC2. The van der Waals surface area contributed by atoms with Gasteiger partial charge in [-0.3, -0.25) is 4.90 Å².